The van der Waals surface area contributed by atoms with Gasteiger partial charge in [-0.2, -0.15) is 5.10 Å². The molecule has 1 aliphatic heterocycles. The Morgan fingerprint density at radius 2 is 2.00 bits per heavy atom. The predicted octanol–water partition coefficient (Wildman–Crippen LogP) is 1.83. The van der Waals surface area contributed by atoms with Crippen molar-refractivity contribution in [2.45, 2.75) is 38.8 Å². The first-order valence-electron chi connectivity index (χ1n) is 8.08. The normalized spacial score (nSPS) is 17.5. The molecule has 1 atom stereocenters. The Hall–Kier alpha value is -1.79. The summed E-state index contributed by atoms with van der Waals surface area (Å²) in [5, 5.41) is 10.8. The molecule has 1 unspecified atom stereocenters. The number of hydrogen-bond acceptors (Lipinski definition) is 5. The van der Waals surface area contributed by atoms with Gasteiger partial charge in [0, 0.05) is 30.5 Å². The lowest BCUT2D eigenvalue weighted by atomic mass is 10.1. The molecule has 1 aliphatic rings. The van der Waals surface area contributed by atoms with Crippen LogP contribution in [0, 0.1) is 0 Å². The lowest BCUT2D eigenvalue weighted by Gasteiger charge is -2.29. The highest BCUT2D eigenvalue weighted by Gasteiger charge is 2.13. The van der Waals surface area contributed by atoms with E-state index < -0.39 is 0 Å². The molecule has 0 aliphatic carbocycles. The van der Waals surface area contributed by atoms with Crippen LogP contribution in [0.3, 0.4) is 0 Å². The molecule has 1 fully saturated rings. The third kappa shape index (κ3) is 4.11. The number of hydrogen-bond donors (Lipinski definition) is 2. The molecule has 2 aromatic rings. The summed E-state index contributed by atoms with van der Waals surface area (Å²) in [6, 6.07) is 4.28. The van der Waals surface area contributed by atoms with Crippen LogP contribution in [0.2, 0.25) is 0 Å². The van der Waals surface area contributed by atoms with Crippen molar-refractivity contribution in [2.24, 2.45) is 0 Å². The number of likely N-dealkylation sites (tertiary alicyclic amines) is 1. The van der Waals surface area contributed by atoms with Gasteiger partial charge in [0.15, 0.2) is 5.82 Å². The van der Waals surface area contributed by atoms with Crippen molar-refractivity contribution in [2.75, 3.05) is 19.6 Å². The van der Waals surface area contributed by atoms with E-state index in [2.05, 4.69) is 37.3 Å². The number of H-pyrrole nitrogens is 1. The van der Waals surface area contributed by atoms with E-state index in [4.69, 9.17) is 0 Å². The summed E-state index contributed by atoms with van der Waals surface area (Å²) in [5.74, 6) is 1.60. The first kappa shape index (κ1) is 15.1. The SMILES string of the molecule is CC(CN1CCCCC1)NCc1nc(-c2ccncc2)n[nH]1. The van der Waals surface area contributed by atoms with Gasteiger partial charge in [0.05, 0.1) is 6.54 Å². The largest absolute Gasteiger partial charge is 0.306 e. The second-order valence-electron chi connectivity index (χ2n) is 5.98. The fourth-order valence-electron chi connectivity index (χ4n) is 2.87. The quantitative estimate of drug-likeness (QED) is 0.852. The zero-order valence-corrected chi connectivity index (χ0v) is 13.1. The van der Waals surface area contributed by atoms with Crippen LogP contribution in [-0.2, 0) is 6.54 Å². The third-order valence-electron chi connectivity index (χ3n) is 4.07. The molecule has 1 saturated heterocycles. The topological polar surface area (TPSA) is 69.7 Å². The second kappa shape index (κ2) is 7.47. The summed E-state index contributed by atoms with van der Waals surface area (Å²) in [6.45, 7) is 6.52. The summed E-state index contributed by atoms with van der Waals surface area (Å²) >= 11 is 0. The van der Waals surface area contributed by atoms with Crippen LogP contribution in [-0.4, -0.2) is 50.7 Å². The number of aromatic nitrogens is 4. The molecule has 0 radical (unpaired) electrons. The van der Waals surface area contributed by atoms with Crippen molar-refractivity contribution < 1.29 is 0 Å². The fourth-order valence-corrected chi connectivity index (χ4v) is 2.87. The Balaban J connectivity index is 1.48. The fraction of sp³-hybridized carbons (Fsp3) is 0.562. The number of nitrogens with zero attached hydrogens (tertiary/aromatic N) is 4. The highest BCUT2D eigenvalue weighted by Crippen LogP contribution is 2.12. The Morgan fingerprint density at radius 1 is 1.23 bits per heavy atom. The molecule has 2 aromatic heterocycles. The van der Waals surface area contributed by atoms with Gasteiger partial charge < -0.3 is 10.2 Å². The first-order valence-corrected chi connectivity index (χ1v) is 8.08. The summed E-state index contributed by atoms with van der Waals surface area (Å²) < 4.78 is 0. The number of pyridine rings is 1. The Kier molecular flexibility index (Phi) is 5.13. The van der Waals surface area contributed by atoms with Gasteiger partial charge in [0.1, 0.15) is 5.82 Å². The van der Waals surface area contributed by atoms with Crippen LogP contribution in [0.25, 0.3) is 11.4 Å². The van der Waals surface area contributed by atoms with Crippen molar-refractivity contribution in [3.05, 3.63) is 30.4 Å². The molecule has 0 amide bonds. The number of aromatic amines is 1. The Bertz CT molecular complexity index is 561. The van der Waals surface area contributed by atoms with Crippen molar-refractivity contribution >= 4 is 0 Å². The van der Waals surface area contributed by atoms with E-state index in [1.807, 2.05) is 12.1 Å². The second-order valence-corrected chi connectivity index (χ2v) is 5.98. The van der Waals surface area contributed by atoms with Crippen molar-refractivity contribution in [1.82, 2.24) is 30.4 Å². The van der Waals surface area contributed by atoms with Crippen molar-refractivity contribution in [3.63, 3.8) is 0 Å². The minimum Gasteiger partial charge on any atom is -0.306 e. The summed E-state index contributed by atoms with van der Waals surface area (Å²) in [6.07, 6.45) is 7.57. The van der Waals surface area contributed by atoms with Crippen LogP contribution < -0.4 is 5.32 Å². The molecule has 2 N–H and O–H groups in total. The third-order valence-corrected chi connectivity index (χ3v) is 4.07. The minimum atomic E-state index is 0.451. The van der Waals surface area contributed by atoms with Crippen molar-refractivity contribution in [1.29, 1.82) is 0 Å². The minimum absolute atomic E-state index is 0.451. The van der Waals surface area contributed by atoms with Crippen molar-refractivity contribution in [3.8, 4) is 11.4 Å². The standard InChI is InChI=1S/C16H24N6/c1-13(12-22-9-3-2-4-10-22)18-11-15-19-16(21-20-15)14-5-7-17-8-6-14/h5-8,13,18H,2-4,9-12H2,1H3,(H,19,20,21). The van der Waals surface area contributed by atoms with Gasteiger partial charge in [-0.25, -0.2) is 4.98 Å². The van der Waals surface area contributed by atoms with Gasteiger partial charge in [0.2, 0.25) is 0 Å². The molecule has 6 heteroatoms. The van der Waals surface area contributed by atoms with E-state index in [9.17, 15) is 0 Å². The van der Waals surface area contributed by atoms with Gasteiger partial charge in [0.25, 0.3) is 0 Å². The van der Waals surface area contributed by atoms with Crippen LogP contribution in [0.4, 0.5) is 0 Å². The average Bonchev–Trinajstić information content (AvgIpc) is 3.04. The Morgan fingerprint density at radius 3 is 2.77 bits per heavy atom. The van der Waals surface area contributed by atoms with Gasteiger partial charge in [-0.1, -0.05) is 6.42 Å². The molecule has 0 saturated carbocycles. The van der Waals surface area contributed by atoms with Gasteiger partial charge in [-0.15, -0.1) is 0 Å². The number of rotatable bonds is 6. The molecule has 3 heterocycles. The Labute approximate surface area is 131 Å². The van der Waals surface area contributed by atoms with Crippen LogP contribution in [0.15, 0.2) is 24.5 Å². The average molecular weight is 300 g/mol. The molecule has 0 aromatic carbocycles. The molecular weight excluding hydrogens is 276 g/mol. The lowest BCUT2D eigenvalue weighted by Crippen LogP contribution is -2.41. The molecule has 118 valence electrons. The molecule has 22 heavy (non-hydrogen) atoms. The van der Waals surface area contributed by atoms with E-state index in [1.165, 1.54) is 32.4 Å². The van der Waals surface area contributed by atoms with E-state index >= 15 is 0 Å². The van der Waals surface area contributed by atoms with Gasteiger partial charge >= 0.3 is 0 Å². The maximum absolute atomic E-state index is 4.53. The molecule has 0 spiro atoms. The zero-order chi connectivity index (χ0) is 15.2. The molecular formula is C16H24N6. The van der Waals surface area contributed by atoms with E-state index in [-0.39, 0.29) is 0 Å². The zero-order valence-electron chi connectivity index (χ0n) is 13.1. The van der Waals surface area contributed by atoms with Crippen LogP contribution >= 0.6 is 0 Å². The maximum Gasteiger partial charge on any atom is 0.181 e. The summed E-state index contributed by atoms with van der Waals surface area (Å²) in [7, 11) is 0. The van der Waals surface area contributed by atoms with Crippen LogP contribution in [0.1, 0.15) is 32.0 Å². The monoisotopic (exact) mass is 300 g/mol. The van der Waals surface area contributed by atoms with Gasteiger partial charge in [-0.05, 0) is 45.0 Å². The molecule has 0 bridgehead atoms. The number of nitrogens with one attached hydrogen (secondary N) is 2. The predicted molar refractivity (Wildman–Crippen MR) is 86.2 cm³/mol. The first-order chi connectivity index (χ1) is 10.8. The molecule has 6 nitrogen and oxygen atoms in total. The van der Waals surface area contributed by atoms with Crippen LogP contribution in [0.5, 0.6) is 0 Å². The van der Waals surface area contributed by atoms with E-state index in [0.29, 0.717) is 12.6 Å². The van der Waals surface area contributed by atoms with E-state index in [0.717, 1.165) is 23.8 Å². The lowest BCUT2D eigenvalue weighted by molar-refractivity contribution is 0.208. The molecule has 3 rings (SSSR count). The van der Waals surface area contributed by atoms with E-state index in [1.54, 1.807) is 12.4 Å². The van der Waals surface area contributed by atoms with Gasteiger partial charge in [-0.3, -0.25) is 10.1 Å². The summed E-state index contributed by atoms with van der Waals surface area (Å²) in [4.78, 5) is 11.1. The maximum atomic E-state index is 4.53. The smallest absolute Gasteiger partial charge is 0.181 e. The summed E-state index contributed by atoms with van der Waals surface area (Å²) in [5.41, 5.74) is 0.985. The highest BCUT2D eigenvalue weighted by molar-refractivity contribution is 5.52. The number of piperidine rings is 1. The highest BCUT2D eigenvalue weighted by atomic mass is 15.2.